The second-order valence-electron chi connectivity index (χ2n) is 6.78. The van der Waals surface area contributed by atoms with Gasteiger partial charge in [-0.05, 0) is 55.0 Å². The Bertz CT molecular complexity index is 961. The molecule has 0 aliphatic rings. The van der Waals surface area contributed by atoms with Crippen molar-refractivity contribution < 1.29 is 19.0 Å². The second kappa shape index (κ2) is 10.6. The summed E-state index contributed by atoms with van der Waals surface area (Å²) in [7, 11) is 1.61. The Balaban J connectivity index is 1.59. The highest BCUT2D eigenvalue weighted by molar-refractivity contribution is 6.31. The summed E-state index contributed by atoms with van der Waals surface area (Å²) >= 11 is 6.11. The highest BCUT2D eigenvalue weighted by Crippen LogP contribution is 2.24. The molecule has 1 atom stereocenters. The summed E-state index contributed by atoms with van der Waals surface area (Å²) in [5.41, 5.74) is 1.40. The van der Waals surface area contributed by atoms with Crippen molar-refractivity contribution in [3.8, 4) is 17.2 Å². The van der Waals surface area contributed by atoms with Gasteiger partial charge < -0.3 is 19.5 Å². The third kappa shape index (κ3) is 6.16. The number of hydrogen-bond acceptors (Lipinski definition) is 4. The Morgan fingerprint density at radius 2 is 1.67 bits per heavy atom. The van der Waals surface area contributed by atoms with Gasteiger partial charge in [0, 0.05) is 5.02 Å². The molecule has 0 heterocycles. The first-order valence-corrected chi connectivity index (χ1v) is 9.97. The molecule has 0 bridgehead atoms. The maximum Gasteiger partial charge on any atom is 0.255 e. The lowest BCUT2D eigenvalue weighted by Crippen LogP contribution is -2.37. The minimum absolute atomic E-state index is 0.222. The number of ether oxygens (including phenoxy) is 3. The van der Waals surface area contributed by atoms with Crippen LogP contribution in [0.3, 0.4) is 0 Å². The fourth-order valence-electron chi connectivity index (χ4n) is 2.78. The average Bonchev–Trinajstić information content (AvgIpc) is 2.77. The minimum Gasteiger partial charge on any atom is -0.497 e. The van der Waals surface area contributed by atoms with E-state index in [0.717, 1.165) is 11.3 Å². The number of hydrogen-bond donors (Lipinski definition) is 1. The lowest BCUT2D eigenvalue weighted by Gasteiger charge is -2.17. The van der Waals surface area contributed by atoms with Gasteiger partial charge in [-0.3, -0.25) is 4.79 Å². The molecule has 5 nitrogen and oxygen atoms in total. The summed E-state index contributed by atoms with van der Waals surface area (Å²) in [6, 6.07) is 21.8. The Hall–Kier alpha value is -3.18. The highest BCUT2D eigenvalue weighted by Gasteiger charge is 2.16. The average molecular weight is 426 g/mol. The molecule has 0 aromatic heterocycles. The Labute approximate surface area is 181 Å². The van der Waals surface area contributed by atoms with Crippen molar-refractivity contribution in [1.82, 2.24) is 5.32 Å². The van der Waals surface area contributed by atoms with Crippen molar-refractivity contribution in [2.75, 3.05) is 13.7 Å². The number of halogens is 1. The van der Waals surface area contributed by atoms with Crippen LogP contribution in [0.2, 0.25) is 5.02 Å². The molecule has 0 saturated heterocycles. The molecule has 0 spiro atoms. The van der Waals surface area contributed by atoms with E-state index >= 15 is 0 Å². The number of nitrogens with one attached hydrogen (secondary N) is 1. The number of carbonyl (C=O) groups is 1. The van der Waals surface area contributed by atoms with Gasteiger partial charge in [0.1, 0.15) is 30.5 Å². The van der Waals surface area contributed by atoms with E-state index in [-0.39, 0.29) is 11.9 Å². The van der Waals surface area contributed by atoms with Crippen LogP contribution < -0.4 is 19.5 Å². The van der Waals surface area contributed by atoms with E-state index in [1.54, 1.807) is 25.3 Å². The van der Waals surface area contributed by atoms with Crippen LogP contribution in [0.4, 0.5) is 0 Å². The van der Waals surface area contributed by atoms with Gasteiger partial charge in [-0.2, -0.15) is 0 Å². The maximum absolute atomic E-state index is 12.8. The first-order chi connectivity index (χ1) is 14.5. The zero-order chi connectivity index (χ0) is 21.3. The van der Waals surface area contributed by atoms with E-state index in [1.807, 2.05) is 61.5 Å². The van der Waals surface area contributed by atoms with Crippen molar-refractivity contribution in [2.24, 2.45) is 0 Å². The van der Waals surface area contributed by atoms with Crippen LogP contribution in [0, 0.1) is 0 Å². The third-order valence-electron chi connectivity index (χ3n) is 4.36. The standard InChI is InChI=1S/C24H24ClNO4/c1-17(15-29-21-11-9-20(28-2)10-12-21)26-24(27)22-14-19(25)8-13-23(22)30-16-18-6-4-3-5-7-18/h3-14,17H,15-16H2,1-2H3,(H,26,27)/t17-/m1/s1. The van der Waals surface area contributed by atoms with Gasteiger partial charge in [0.25, 0.3) is 5.91 Å². The molecule has 0 radical (unpaired) electrons. The van der Waals surface area contributed by atoms with Gasteiger partial charge in [0.2, 0.25) is 0 Å². The third-order valence-corrected chi connectivity index (χ3v) is 4.60. The molecule has 156 valence electrons. The Morgan fingerprint density at radius 3 is 2.37 bits per heavy atom. The molecule has 3 rings (SSSR count). The van der Waals surface area contributed by atoms with Crippen LogP contribution in [0.1, 0.15) is 22.8 Å². The Kier molecular flexibility index (Phi) is 7.57. The van der Waals surface area contributed by atoms with Crippen LogP contribution in [0.25, 0.3) is 0 Å². The van der Waals surface area contributed by atoms with Gasteiger partial charge in [-0.15, -0.1) is 0 Å². The number of methoxy groups -OCH3 is 1. The first-order valence-electron chi connectivity index (χ1n) is 9.59. The molecule has 0 unspecified atom stereocenters. The van der Waals surface area contributed by atoms with E-state index in [1.165, 1.54) is 0 Å². The SMILES string of the molecule is COc1ccc(OC[C@@H](C)NC(=O)c2cc(Cl)ccc2OCc2ccccc2)cc1. The number of carbonyl (C=O) groups excluding carboxylic acids is 1. The fraction of sp³-hybridized carbons (Fsp3) is 0.208. The van der Waals surface area contributed by atoms with Crippen molar-refractivity contribution in [2.45, 2.75) is 19.6 Å². The summed E-state index contributed by atoms with van der Waals surface area (Å²) in [6.45, 7) is 2.55. The molecular weight excluding hydrogens is 402 g/mol. The predicted molar refractivity (Wildman–Crippen MR) is 118 cm³/mol. The van der Waals surface area contributed by atoms with Crippen LogP contribution in [-0.4, -0.2) is 25.7 Å². The molecule has 6 heteroatoms. The smallest absolute Gasteiger partial charge is 0.255 e. The summed E-state index contributed by atoms with van der Waals surface area (Å²) in [5.74, 6) is 1.66. The molecule has 3 aromatic rings. The van der Waals surface area contributed by atoms with Crippen LogP contribution in [0.5, 0.6) is 17.2 Å². The van der Waals surface area contributed by atoms with Crippen molar-refractivity contribution in [3.05, 3.63) is 88.9 Å². The maximum atomic E-state index is 12.8. The van der Waals surface area contributed by atoms with E-state index in [0.29, 0.717) is 35.3 Å². The monoisotopic (exact) mass is 425 g/mol. The predicted octanol–water partition coefficient (Wildman–Crippen LogP) is 5.12. The molecule has 1 amide bonds. The van der Waals surface area contributed by atoms with Gasteiger partial charge >= 0.3 is 0 Å². The van der Waals surface area contributed by atoms with Crippen molar-refractivity contribution in [1.29, 1.82) is 0 Å². The van der Waals surface area contributed by atoms with E-state index < -0.39 is 0 Å². The fourth-order valence-corrected chi connectivity index (χ4v) is 2.95. The second-order valence-corrected chi connectivity index (χ2v) is 7.21. The van der Waals surface area contributed by atoms with Gasteiger partial charge in [-0.1, -0.05) is 41.9 Å². The summed E-state index contributed by atoms with van der Waals surface area (Å²) in [6.07, 6.45) is 0. The number of rotatable bonds is 9. The van der Waals surface area contributed by atoms with E-state index in [4.69, 9.17) is 25.8 Å². The number of benzene rings is 3. The van der Waals surface area contributed by atoms with Crippen LogP contribution in [0.15, 0.2) is 72.8 Å². The topological polar surface area (TPSA) is 56.8 Å². The minimum atomic E-state index is -0.272. The molecule has 0 aliphatic carbocycles. The lowest BCUT2D eigenvalue weighted by molar-refractivity contribution is 0.0922. The molecule has 0 aliphatic heterocycles. The molecule has 30 heavy (non-hydrogen) atoms. The zero-order valence-corrected chi connectivity index (χ0v) is 17.7. The summed E-state index contributed by atoms with van der Waals surface area (Å²) in [5, 5.41) is 3.39. The molecule has 3 aromatic carbocycles. The highest BCUT2D eigenvalue weighted by atomic mass is 35.5. The molecular formula is C24H24ClNO4. The van der Waals surface area contributed by atoms with Crippen molar-refractivity contribution >= 4 is 17.5 Å². The van der Waals surface area contributed by atoms with Crippen LogP contribution in [-0.2, 0) is 6.61 Å². The van der Waals surface area contributed by atoms with E-state index in [2.05, 4.69) is 5.32 Å². The lowest BCUT2D eigenvalue weighted by atomic mass is 10.1. The molecule has 0 saturated carbocycles. The molecule has 0 fully saturated rings. The summed E-state index contributed by atoms with van der Waals surface area (Å²) < 4.78 is 16.7. The van der Waals surface area contributed by atoms with Crippen LogP contribution >= 0.6 is 11.6 Å². The summed E-state index contributed by atoms with van der Waals surface area (Å²) in [4.78, 5) is 12.8. The van der Waals surface area contributed by atoms with E-state index in [9.17, 15) is 4.79 Å². The van der Waals surface area contributed by atoms with Gasteiger partial charge in [-0.25, -0.2) is 0 Å². The van der Waals surface area contributed by atoms with Gasteiger partial charge in [0.05, 0.1) is 18.7 Å². The van der Waals surface area contributed by atoms with Gasteiger partial charge in [0.15, 0.2) is 0 Å². The first kappa shape index (κ1) is 21.5. The largest absolute Gasteiger partial charge is 0.497 e. The number of amides is 1. The molecule has 1 N–H and O–H groups in total. The quantitative estimate of drug-likeness (QED) is 0.516. The Morgan fingerprint density at radius 1 is 0.967 bits per heavy atom. The normalized spacial score (nSPS) is 11.4. The zero-order valence-electron chi connectivity index (χ0n) is 16.9. The van der Waals surface area contributed by atoms with Crippen molar-refractivity contribution in [3.63, 3.8) is 0 Å².